The molecule has 0 atom stereocenters. The van der Waals surface area contributed by atoms with Gasteiger partial charge in [0, 0.05) is 21.9 Å². The summed E-state index contributed by atoms with van der Waals surface area (Å²) >= 11 is 9.00. The van der Waals surface area contributed by atoms with E-state index in [-0.39, 0.29) is 22.8 Å². The maximum atomic E-state index is 12.1. The van der Waals surface area contributed by atoms with Crippen molar-refractivity contribution in [3.05, 3.63) is 67.6 Å². The molecule has 10 heteroatoms. The fourth-order valence-electron chi connectivity index (χ4n) is 2.06. The molecule has 0 radical (unpaired) electrons. The van der Waals surface area contributed by atoms with Crippen LogP contribution in [0.5, 0.6) is 0 Å². The van der Waals surface area contributed by atoms with E-state index < -0.39 is 16.7 Å². The normalized spacial score (nSPS) is 11.0. The quantitative estimate of drug-likeness (QED) is 0.388. The van der Waals surface area contributed by atoms with Crippen molar-refractivity contribution in [1.82, 2.24) is 5.43 Å². The van der Waals surface area contributed by atoms with E-state index in [1.165, 1.54) is 18.2 Å². The molecule has 2 amide bonds. The summed E-state index contributed by atoms with van der Waals surface area (Å²) in [6.45, 7) is 1.57. The Labute approximate surface area is 167 Å². The molecular weight excluding hydrogens is 440 g/mol. The highest BCUT2D eigenvalue weighted by atomic mass is 79.9. The van der Waals surface area contributed by atoms with Gasteiger partial charge in [0.1, 0.15) is 5.02 Å². The zero-order valence-electron chi connectivity index (χ0n) is 14.0. The molecule has 2 N–H and O–H groups in total. The molecule has 0 unspecified atom stereocenters. The van der Waals surface area contributed by atoms with Gasteiger partial charge in [-0.15, -0.1) is 0 Å². The largest absolute Gasteiger partial charge is 0.326 e. The Morgan fingerprint density at radius 2 is 1.96 bits per heavy atom. The minimum atomic E-state index is -0.637. The number of anilines is 1. The second kappa shape index (κ2) is 9.24. The van der Waals surface area contributed by atoms with Gasteiger partial charge in [-0.05, 0) is 47.1 Å². The van der Waals surface area contributed by atoms with Crippen molar-refractivity contribution >= 4 is 56.4 Å². The number of carbonyl (C=O) groups excluding carboxylic acids is 2. The van der Waals surface area contributed by atoms with Crippen molar-refractivity contribution in [3.8, 4) is 0 Å². The van der Waals surface area contributed by atoms with Crippen molar-refractivity contribution in [3.63, 3.8) is 0 Å². The summed E-state index contributed by atoms with van der Waals surface area (Å²) in [5, 5.41) is 17.3. The predicted molar refractivity (Wildman–Crippen MR) is 106 cm³/mol. The topological polar surface area (TPSA) is 114 Å². The number of hydrazone groups is 1. The van der Waals surface area contributed by atoms with Crippen molar-refractivity contribution in [2.75, 3.05) is 5.32 Å². The van der Waals surface area contributed by atoms with Crippen molar-refractivity contribution < 1.29 is 14.5 Å². The first-order valence-electron chi connectivity index (χ1n) is 7.59. The van der Waals surface area contributed by atoms with E-state index in [2.05, 4.69) is 31.8 Å². The summed E-state index contributed by atoms with van der Waals surface area (Å²) in [4.78, 5) is 34.3. The fraction of sp³-hybridized carbons (Fsp3) is 0.118. The number of carbonyl (C=O) groups is 2. The number of hydrogen-bond acceptors (Lipinski definition) is 5. The first-order chi connectivity index (χ1) is 12.8. The van der Waals surface area contributed by atoms with Crippen LogP contribution in [0.2, 0.25) is 5.02 Å². The van der Waals surface area contributed by atoms with Crippen LogP contribution in [0.3, 0.4) is 0 Å². The van der Waals surface area contributed by atoms with E-state index in [0.717, 1.165) is 0 Å². The maximum absolute atomic E-state index is 12.1. The Balaban J connectivity index is 1.96. The molecule has 0 aliphatic heterocycles. The Morgan fingerprint density at radius 1 is 1.26 bits per heavy atom. The minimum absolute atomic E-state index is 0.0227. The highest BCUT2D eigenvalue weighted by Gasteiger charge is 2.14. The molecular formula is C17H14BrClN4O4. The lowest BCUT2D eigenvalue weighted by Gasteiger charge is -2.06. The molecule has 2 aromatic rings. The van der Waals surface area contributed by atoms with Crippen molar-refractivity contribution in [1.29, 1.82) is 0 Å². The third-order valence-corrected chi connectivity index (χ3v) is 4.32. The molecule has 140 valence electrons. The van der Waals surface area contributed by atoms with Crippen LogP contribution in [0, 0.1) is 10.1 Å². The van der Waals surface area contributed by atoms with E-state index in [4.69, 9.17) is 11.6 Å². The lowest BCUT2D eigenvalue weighted by molar-refractivity contribution is -0.384. The Hall–Kier alpha value is -2.78. The molecule has 0 aliphatic carbocycles. The second-order valence-electron chi connectivity index (χ2n) is 5.42. The smallest absolute Gasteiger partial charge is 0.289 e. The molecule has 0 saturated heterocycles. The van der Waals surface area contributed by atoms with Crippen molar-refractivity contribution in [2.45, 2.75) is 13.3 Å². The molecule has 0 heterocycles. The third kappa shape index (κ3) is 5.87. The van der Waals surface area contributed by atoms with Gasteiger partial charge in [-0.3, -0.25) is 19.7 Å². The van der Waals surface area contributed by atoms with E-state index >= 15 is 0 Å². The average molecular weight is 454 g/mol. The molecule has 2 rings (SSSR count). The number of nitro groups is 1. The number of halogens is 2. The third-order valence-electron chi connectivity index (χ3n) is 3.31. The van der Waals surface area contributed by atoms with E-state index in [9.17, 15) is 19.7 Å². The first-order valence-corrected chi connectivity index (χ1v) is 8.77. The number of nitrogens with zero attached hydrogens (tertiary/aromatic N) is 2. The lowest BCUT2D eigenvalue weighted by atomic mass is 10.2. The number of nitrogens with one attached hydrogen (secondary N) is 2. The highest BCUT2D eigenvalue weighted by Crippen LogP contribution is 2.27. The molecule has 0 aliphatic rings. The molecule has 0 saturated carbocycles. The summed E-state index contributed by atoms with van der Waals surface area (Å²) in [5.41, 5.74) is 3.07. The number of benzene rings is 2. The SMILES string of the molecule is C/C(CC(=O)Nc1ccc(Cl)c([N+](=O)[O-])c1)=N/NC(=O)c1ccccc1Br. The summed E-state index contributed by atoms with van der Waals surface area (Å²) in [6.07, 6.45) is -0.105. The zero-order chi connectivity index (χ0) is 20.0. The average Bonchev–Trinajstić information content (AvgIpc) is 2.61. The van der Waals surface area contributed by atoms with Crippen LogP contribution in [0.25, 0.3) is 0 Å². The number of hydrogen-bond donors (Lipinski definition) is 2. The van der Waals surface area contributed by atoms with Crippen LogP contribution in [0.1, 0.15) is 23.7 Å². The molecule has 8 nitrogen and oxygen atoms in total. The van der Waals surface area contributed by atoms with Gasteiger partial charge in [-0.2, -0.15) is 5.10 Å². The summed E-state index contributed by atoms with van der Waals surface area (Å²) < 4.78 is 0.623. The standard InChI is InChI=1S/C17H14BrClN4O4/c1-10(21-22-17(25)12-4-2-3-5-13(12)18)8-16(24)20-11-6-7-14(19)15(9-11)23(26)27/h2-7,9H,8H2,1H3,(H,20,24)(H,22,25)/b21-10-. The first kappa shape index (κ1) is 20.5. The summed E-state index contributed by atoms with van der Waals surface area (Å²) in [7, 11) is 0. The van der Waals surface area contributed by atoms with Crippen LogP contribution < -0.4 is 10.7 Å². The molecule has 0 bridgehead atoms. The van der Waals surface area contributed by atoms with Crippen LogP contribution in [0.15, 0.2) is 52.0 Å². The van der Waals surface area contributed by atoms with Crippen LogP contribution in [-0.4, -0.2) is 22.4 Å². The van der Waals surface area contributed by atoms with Crippen LogP contribution >= 0.6 is 27.5 Å². The fourth-order valence-corrected chi connectivity index (χ4v) is 2.71. The van der Waals surface area contributed by atoms with Gasteiger partial charge in [0.2, 0.25) is 5.91 Å². The van der Waals surface area contributed by atoms with Gasteiger partial charge >= 0.3 is 0 Å². The van der Waals surface area contributed by atoms with Crippen LogP contribution in [0.4, 0.5) is 11.4 Å². The summed E-state index contributed by atoms with van der Waals surface area (Å²) in [5.74, 6) is -0.862. The monoisotopic (exact) mass is 452 g/mol. The van der Waals surface area contributed by atoms with Gasteiger partial charge in [0.15, 0.2) is 0 Å². The number of nitro benzene ring substituents is 1. The second-order valence-corrected chi connectivity index (χ2v) is 6.68. The van der Waals surface area contributed by atoms with Gasteiger partial charge in [-0.25, -0.2) is 5.43 Å². The van der Waals surface area contributed by atoms with Gasteiger partial charge in [0.25, 0.3) is 11.6 Å². The summed E-state index contributed by atoms with van der Waals surface area (Å²) in [6, 6.07) is 10.8. The molecule has 0 aromatic heterocycles. The molecule has 0 fully saturated rings. The van der Waals surface area contributed by atoms with E-state index in [1.54, 1.807) is 31.2 Å². The predicted octanol–water partition coefficient (Wildman–Crippen LogP) is 4.15. The van der Waals surface area contributed by atoms with Gasteiger partial charge in [-0.1, -0.05) is 23.7 Å². The Bertz CT molecular complexity index is 933. The zero-order valence-corrected chi connectivity index (χ0v) is 16.4. The number of rotatable bonds is 6. The molecule has 2 aromatic carbocycles. The molecule has 27 heavy (non-hydrogen) atoms. The van der Waals surface area contributed by atoms with Crippen molar-refractivity contribution in [2.24, 2.45) is 5.10 Å². The van der Waals surface area contributed by atoms with E-state index in [0.29, 0.717) is 15.7 Å². The van der Waals surface area contributed by atoms with Gasteiger partial charge in [0.05, 0.1) is 16.9 Å². The lowest BCUT2D eigenvalue weighted by Crippen LogP contribution is -2.21. The van der Waals surface area contributed by atoms with Gasteiger partial charge < -0.3 is 5.32 Å². The Morgan fingerprint density at radius 3 is 2.63 bits per heavy atom. The molecule has 0 spiro atoms. The maximum Gasteiger partial charge on any atom is 0.289 e. The van der Waals surface area contributed by atoms with Crippen LogP contribution in [-0.2, 0) is 4.79 Å². The minimum Gasteiger partial charge on any atom is -0.326 e. The number of amides is 2. The van der Waals surface area contributed by atoms with E-state index in [1.807, 2.05) is 0 Å². The Kier molecular flexibility index (Phi) is 7.03. The highest BCUT2D eigenvalue weighted by molar-refractivity contribution is 9.10.